The number of benzene rings is 3. The maximum atomic E-state index is 12.2. The lowest BCUT2D eigenvalue weighted by atomic mass is 10.0. The number of esters is 1. The molecule has 0 fully saturated rings. The Kier molecular flexibility index (Phi) is 8.25. The second-order valence-corrected chi connectivity index (χ2v) is 7.65. The van der Waals surface area contributed by atoms with E-state index < -0.39 is 30.9 Å². The van der Waals surface area contributed by atoms with Gasteiger partial charge in [-0.05, 0) is 41.8 Å². The number of nitrogens with one attached hydrogen (secondary N) is 2. The van der Waals surface area contributed by atoms with Gasteiger partial charge in [0, 0.05) is 11.3 Å². The molecule has 0 aliphatic heterocycles. The number of rotatable bonds is 8. The van der Waals surface area contributed by atoms with Crippen LogP contribution in [-0.4, -0.2) is 30.9 Å². The number of carbonyl (C=O) groups excluding carboxylic acids is 3. The van der Waals surface area contributed by atoms with Crippen molar-refractivity contribution in [2.75, 3.05) is 18.5 Å². The zero-order valence-corrected chi connectivity index (χ0v) is 18.5. The second-order valence-electron chi connectivity index (χ2n) is 6.84. The van der Waals surface area contributed by atoms with E-state index in [1.165, 1.54) is 18.2 Å². The number of carbonyl (C=O) groups is 3. The van der Waals surface area contributed by atoms with Crippen molar-refractivity contribution in [2.24, 2.45) is 0 Å². The molecule has 0 aliphatic rings. The fourth-order valence-corrected chi connectivity index (χ4v) is 3.19. The first-order chi connectivity index (χ1) is 15.4. The van der Waals surface area contributed by atoms with Gasteiger partial charge in [-0.15, -0.1) is 0 Å². The second kappa shape index (κ2) is 11.3. The van der Waals surface area contributed by atoms with Crippen molar-refractivity contribution in [1.29, 1.82) is 0 Å². The van der Waals surface area contributed by atoms with E-state index in [-0.39, 0.29) is 10.6 Å². The van der Waals surface area contributed by atoms with Crippen molar-refractivity contribution in [2.45, 2.75) is 6.42 Å². The van der Waals surface area contributed by atoms with E-state index in [0.717, 1.165) is 11.1 Å². The predicted octanol–water partition coefficient (Wildman–Crippen LogP) is 4.50. The highest BCUT2D eigenvalue weighted by molar-refractivity contribution is 6.42. The van der Waals surface area contributed by atoms with Crippen molar-refractivity contribution in [3.05, 3.63) is 99.5 Å². The number of hydrogen-bond acceptors (Lipinski definition) is 4. The molecule has 0 spiro atoms. The first-order valence-corrected chi connectivity index (χ1v) is 10.5. The molecular weight excluding hydrogens is 451 g/mol. The van der Waals surface area contributed by atoms with Crippen LogP contribution >= 0.6 is 23.2 Å². The Morgan fingerprint density at radius 3 is 2.31 bits per heavy atom. The molecule has 0 aliphatic carbocycles. The zero-order chi connectivity index (χ0) is 22.9. The molecule has 0 unspecified atom stereocenters. The molecule has 164 valence electrons. The Balaban J connectivity index is 1.47. The molecule has 2 amide bonds. The van der Waals surface area contributed by atoms with Crippen LogP contribution in [0.15, 0.2) is 72.8 Å². The van der Waals surface area contributed by atoms with Crippen LogP contribution in [0.25, 0.3) is 0 Å². The molecule has 0 radical (unpaired) electrons. The number of ether oxygens (including phenoxy) is 1. The third-order valence-corrected chi connectivity index (χ3v) is 5.21. The van der Waals surface area contributed by atoms with E-state index in [1.807, 2.05) is 48.5 Å². The highest BCUT2D eigenvalue weighted by atomic mass is 35.5. The smallest absolute Gasteiger partial charge is 0.325 e. The number of anilines is 1. The van der Waals surface area contributed by atoms with Crippen LogP contribution < -0.4 is 10.6 Å². The van der Waals surface area contributed by atoms with E-state index >= 15 is 0 Å². The van der Waals surface area contributed by atoms with Gasteiger partial charge in [-0.25, -0.2) is 0 Å². The minimum atomic E-state index is -0.744. The fraction of sp³-hybridized carbons (Fsp3) is 0.125. The molecule has 0 aromatic heterocycles. The van der Waals surface area contributed by atoms with Gasteiger partial charge in [0.25, 0.3) is 11.8 Å². The van der Waals surface area contributed by atoms with E-state index in [1.54, 1.807) is 6.07 Å². The molecular formula is C24H20Cl2N2O4. The van der Waals surface area contributed by atoms with E-state index in [0.29, 0.717) is 17.1 Å². The molecule has 32 heavy (non-hydrogen) atoms. The molecule has 2 N–H and O–H groups in total. The monoisotopic (exact) mass is 470 g/mol. The molecule has 3 aromatic carbocycles. The number of hydrogen-bond donors (Lipinski definition) is 2. The van der Waals surface area contributed by atoms with Crippen molar-refractivity contribution >= 4 is 46.7 Å². The lowest BCUT2D eigenvalue weighted by Gasteiger charge is -2.12. The third-order valence-electron chi connectivity index (χ3n) is 4.47. The highest BCUT2D eigenvalue weighted by Crippen LogP contribution is 2.22. The zero-order valence-electron chi connectivity index (χ0n) is 16.9. The standard InChI is InChI=1S/C24H20Cl2N2O4/c25-19-11-10-18(13-20(19)26)24(31)27-14-23(30)32-15-22(29)28-21-9-5-4-8-17(21)12-16-6-2-1-3-7-16/h1-11,13H,12,14-15H2,(H,27,31)(H,28,29). The summed E-state index contributed by atoms with van der Waals surface area (Å²) < 4.78 is 4.95. The molecule has 0 saturated heterocycles. The average molecular weight is 471 g/mol. The Labute approximate surface area is 195 Å². The average Bonchev–Trinajstić information content (AvgIpc) is 2.80. The van der Waals surface area contributed by atoms with Gasteiger partial charge < -0.3 is 15.4 Å². The van der Waals surface area contributed by atoms with Crippen LogP contribution in [0.3, 0.4) is 0 Å². The maximum Gasteiger partial charge on any atom is 0.325 e. The Morgan fingerprint density at radius 2 is 1.56 bits per heavy atom. The Bertz CT molecular complexity index is 1120. The molecule has 6 nitrogen and oxygen atoms in total. The van der Waals surface area contributed by atoms with Crippen LogP contribution in [0.5, 0.6) is 0 Å². The van der Waals surface area contributed by atoms with Gasteiger partial charge in [0.1, 0.15) is 6.54 Å². The van der Waals surface area contributed by atoms with Gasteiger partial charge in [0.15, 0.2) is 6.61 Å². The molecule has 0 atom stereocenters. The summed E-state index contributed by atoms with van der Waals surface area (Å²) in [7, 11) is 0. The third kappa shape index (κ3) is 6.83. The summed E-state index contributed by atoms with van der Waals surface area (Å²) in [6.07, 6.45) is 0.651. The molecule has 0 heterocycles. The summed E-state index contributed by atoms with van der Waals surface area (Å²) in [5, 5.41) is 5.71. The van der Waals surface area contributed by atoms with Gasteiger partial charge >= 0.3 is 5.97 Å². The van der Waals surface area contributed by atoms with Crippen molar-refractivity contribution in [3.8, 4) is 0 Å². The van der Waals surface area contributed by atoms with Gasteiger partial charge in [0.2, 0.25) is 0 Å². The van der Waals surface area contributed by atoms with Crippen LogP contribution in [0, 0.1) is 0 Å². The number of halogens is 2. The summed E-state index contributed by atoms with van der Waals surface area (Å²) in [6.45, 7) is -0.863. The van der Waals surface area contributed by atoms with Gasteiger partial charge in [-0.2, -0.15) is 0 Å². The quantitative estimate of drug-likeness (QED) is 0.474. The molecule has 8 heteroatoms. The number of amides is 2. The summed E-state index contributed by atoms with van der Waals surface area (Å²) >= 11 is 11.7. The Morgan fingerprint density at radius 1 is 0.844 bits per heavy atom. The topological polar surface area (TPSA) is 84.5 Å². The minimum absolute atomic E-state index is 0.228. The van der Waals surface area contributed by atoms with E-state index in [4.69, 9.17) is 27.9 Å². The number of para-hydroxylation sites is 1. The van der Waals surface area contributed by atoms with Crippen LogP contribution in [0.1, 0.15) is 21.5 Å². The predicted molar refractivity (Wildman–Crippen MR) is 124 cm³/mol. The molecule has 0 saturated carbocycles. The summed E-state index contributed by atoms with van der Waals surface area (Å²) in [4.78, 5) is 36.2. The van der Waals surface area contributed by atoms with E-state index in [9.17, 15) is 14.4 Å². The first kappa shape index (κ1) is 23.3. The van der Waals surface area contributed by atoms with Crippen LogP contribution in [0.2, 0.25) is 10.0 Å². The fourth-order valence-electron chi connectivity index (χ4n) is 2.89. The van der Waals surface area contributed by atoms with Crippen molar-refractivity contribution in [1.82, 2.24) is 5.32 Å². The summed E-state index contributed by atoms with van der Waals surface area (Å²) in [5.74, 6) is -1.74. The van der Waals surface area contributed by atoms with Crippen LogP contribution in [-0.2, 0) is 20.7 Å². The molecule has 0 bridgehead atoms. The normalized spacial score (nSPS) is 10.3. The summed E-state index contributed by atoms with van der Waals surface area (Å²) in [5.41, 5.74) is 2.94. The highest BCUT2D eigenvalue weighted by Gasteiger charge is 2.13. The minimum Gasteiger partial charge on any atom is -0.454 e. The van der Waals surface area contributed by atoms with E-state index in [2.05, 4.69) is 10.6 Å². The summed E-state index contributed by atoms with van der Waals surface area (Å²) in [6, 6.07) is 21.6. The van der Waals surface area contributed by atoms with Crippen molar-refractivity contribution in [3.63, 3.8) is 0 Å². The maximum absolute atomic E-state index is 12.2. The Hall–Kier alpha value is -3.35. The van der Waals surface area contributed by atoms with Gasteiger partial charge in [-0.3, -0.25) is 14.4 Å². The SMILES string of the molecule is O=C(COC(=O)CNC(=O)c1ccc(Cl)c(Cl)c1)Nc1ccccc1Cc1ccccc1. The van der Waals surface area contributed by atoms with Gasteiger partial charge in [-0.1, -0.05) is 71.7 Å². The van der Waals surface area contributed by atoms with Gasteiger partial charge in [0.05, 0.1) is 10.0 Å². The lowest BCUT2D eigenvalue weighted by Crippen LogP contribution is -2.32. The first-order valence-electron chi connectivity index (χ1n) is 9.73. The molecule has 3 aromatic rings. The van der Waals surface area contributed by atoms with Crippen LogP contribution in [0.4, 0.5) is 5.69 Å². The largest absolute Gasteiger partial charge is 0.454 e. The van der Waals surface area contributed by atoms with Crippen molar-refractivity contribution < 1.29 is 19.1 Å². The molecule has 3 rings (SSSR count). The lowest BCUT2D eigenvalue weighted by molar-refractivity contribution is -0.146.